The van der Waals surface area contributed by atoms with Crippen LogP contribution in [-0.4, -0.2) is 93.7 Å². The van der Waals surface area contributed by atoms with E-state index < -0.39 is 93.7 Å². The highest BCUT2D eigenvalue weighted by molar-refractivity contribution is 7.04. The average Bonchev–Trinajstić information content (AvgIpc) is 3.51. The van der Waals surface area contributed by atoms with E-state index in [4.69, 9.17) is 28.8 Å². The monoisotopic (exact) mass is 1260 g/mol. The highest BCUT2D eigenvalue weighted by Crippen LogP contribution is 2.50. The van der Waals surface area contributed by atoms with Gasteiger partial charge in [-0.05, 0) is 153 Å². The Balaban J connectivity index is 1.53. The van der Waals surface area contributed by atoms with Gasteiger partial charge in [0.2, 0.25) is 0 Å². The van der Waals surface area contributed by atoms with Crippen LogP contribution < -0.4 is 25.9 Å². The fourth-order valence-electron chi connectivity index (χ4n) is 11.0. The van der Waals surface area contributed by atoms with Gasteiger partial charge in [-0.2, -0.15) is 0 Å². The van der Waals surface area contributed by atoms with Gasteiger partial charge < -0.3 is 28.8 Å². The molecule has 0 N–H and O–H groups in total. The summed E-state index contributed by atoms with van der Waals surface area (Å²) >= 11 is 0. The average molecular weight is 1260 g/mol. The summed E-state index contributed by atoms with van der Waals surface area (Å²) in [5.74, 6) is 0. The largest absolute Gasteiger partial charge is 0.505 e. The summed E-state index contributed by atoms with van der Waals surface area (Å²) in [6, 6.07) is 58.7. The van der Waals surface area contributed by atoms with Crippen LogP contribution in [0.15, 0.2) is 152 Å². The van der Waals surface area contributed by atoms with Gasteiger partial charge in [0.25, 0.3) is 0 Å². The van der Waals surface area contributed by atoms with Crippen LogP contribution in [0.2, 0.25) is 146 Å². The molecule has 0 bridgehead atoms. The second kappa shape index (κ2) is 27.5. The molecule has 0 aromatic heterocycles. The van der Waals surface area contributed by atoms with E-state index in [9.17, 15) is 0 Å². The van der Waals surface area contributed by atoms with Gasteiger partial charge in [-0.25, -0.2) is 0 Å². The van der Waals surface area contributed by atoms with Crippen LogP contribution in [0.3, 0.4) is 0 Å². The van der Waals surface area contributed by atoms with Gasteiger partial charge in [0, 0.05) is 5.19 Å². The van der Waals surface area contributed by atoms with Gasteiger partial charge in [-0.1, -0.05) is 218 Å². The van der Waals surface area contributed by atoms with Crippen LogP contribution >= 0.6 is 0 Å². The van der Waals surface area contributed by atoms with Crippen molar-refractivity contribution in [3.63, 3.8) is 0 Å². The molecular formula is C61H106O7Si11. The first-order chi connectivity index (χ1) is 36.6. The molecule has 79 heavy (non-hydrogen) atoms. The molecule has 436 valence electrons. The zero-order valence-corrected chi connectivity index (χ0v) is 64.4. The fourth-order valence-corrected chi connectivity index (χ4v) is 57.0. The Morgan fingerprint density at radius 3 is 0.899 bits per heavy atom. The van der Waals surface area contributed by atoms with Crippen molar-refractivity contribution < 1.29 is 28.8 Å². The van der Waals surface area contributed by atoms with Crippen LogP contribution in [-0.2, 0) is 28.8 Å². The molecule has 0 spiro atoms. The summed E-state index contributed by atoms with van der Waals surface area (Å²) in [4.78, 5) is 0. The molecule has 0 amide bonds. The minimum absolute atomic E-state index is 0.109. The van der Waals surface area contributed by atoms with Crippen molar-refractivity contribution >= 4 is 120 Å². The molecule has 0 aliphatic heterocycles. The Labute approximate surface area is 495 Å². The first-order valence-electron chi connectivity index (χ1n) is 29.8. The summed E-state index contributed by atoms with van der Waals surface area (Å²) in [5.41, 5.74) is 0. The number of benzene rings is 5. The molecule has 5 rings (SSSR count). The van der Waals surface area contributed by atoms with Crippen LogP contribution in [0, 0.1) is 0 Å². The second-order valence-electron chi connectivity index (χ2n) is 27.6. The molecule has 0 fully saturated rings. The van der Waals surface area contributed by atoms with E-state index in [0.717, 1.165) is 42.2 Å². The minimum Gasteiger partial charge on any atom is -0.430 e. The lowest BCUT2D eigenvalue weighted by molar-refractivity contribution is 0.281. The summed E-state index contributed by atoms with van der Waals surface area (Å²) in [7, 11) is -26.9. The smallest absolute Gasteiger partial charge is 0.430 e. The summed E-state index contributed by atoms with van der Waals surface area (Å²) in [6.45, 7) is 50.8. The molecule has 0 saturated heterocycles. The molecule has 2 atom stereocenters. The number of rotatable bonds is 32. The quantitative estimate of drug-likeness (QED) is 0.0398. The van der Waals surface area contributed by atoms with Crippen molar-refractivity contribution in [2.24, 2.45) is 0 Å². The maximum Gasteiger partial charge on any atom is 0.505 e. The molecule has 2 unspecified atom stereocenters. The zero-order valence-electron chi connectivity index (χ0n) is 53.1. The Morgan fingerprint density at radius 2 is 0.608 bits per heavy atom. The molecule has 0 radical (unpaired) electrons. The van der Waals surface area contributed by atoms with Crippen molar-refractivity contribution in [3.05, 3.63) is 152 Å². The van der Waals surface area contributed by atoms with Crippen molar-refractivity contribution in [1.29, 1.82) is 0 Å². The van der Waals surface area contributed by atoms with E-state index in [-0.39, 0.29) is 5.04 Å². The highest BCUT2D eigenvalue weighted by atomic mass is 28.5. The Morgan fingerprint density at radius 1 is 0.342 bits per heavy atom. The topological polar surface area (TPSA) is 64.6 Å². The maximum absolute atomic E-state index is 8.30. The standard InChI is InChI=1S/C61H106O7Si11/c1-22-60(3,71(9,10)11)49-51-72(12,13)64-77(55-39-29-24-30-40-55,56-41-31-25-32-42-56)65-74(16,17)53-54-75(18,19)66-78(57-43-33-26-34-44-57,58-45-35-27-36-46-58)68-76(20,21)61(4,23-2)50-52-73(14,15)67-79(62-69(5)6,63-70(7)8)59-47-37-28-38-48-59/h24-48,69-70H,22-23,49-54H2,1-21H3. The molecule has 0 heterocycles. The lowest BCUT2D eigenvalue weighted by Gasteiger charge is -2.50. The second-order valence-corrected chi connectivity index (χ2v) is 70.2. The van der Waals surface area contributed by atoms with Crippen molar-refractivity contribution in [1.82, 2.24) is 0 Å². The third-order valence-corrected chi connectivity index (χ3v) is 59.6. The highest BCUT2D eigenvalue weighted by Gasteiger charge is 2.57. The van der Waals surface area contributed by atoms with Crippen LogP contribution in [0.25, 0.3) is 0 Å². The Kier molecular flexibility index (Phi) is 23.7. The Bertz CT molecular complexity index is 2520. The molecule has 0 saturated carbocycles. The predicted octanol–water partition coefficient (Wildman–Crippen LogP) is 14.9. The van der Waals surface area contributed by atoms with E-state index in [1.54, 1.807) is 0 Å². The summed E-state index contributed by atoms with van der Waals surface area (Å²) in [6.07, 6.45) is 4.36. The van der Waals surface area contributed by atoms with E-state index in [1.165, 1.54) is 33.6 Å². The minimum atomic E-state index is -3.41. The lowest BCUT2D eigenvalue weighted by Crippen LogP contribution is -2.72. The maximum atomic E-state index is 8.30. The van der Waals surface area contributed by atoms with Gasteiger partial charge in [-0.3, -0.25) is 0 Å². The van der Waals surface area contributed by atoms with E-state index in [2.05, 4.69) is 291 Å². The van der Waals surface area contributed by atoms with Crippen molar-refractivity contribution in [2.75, 3.05) is 0 Å². The van der Waals surface area contributed by atoms with E-state index in [0.29, 0.717) is 5.04 Å². The molecule has 0 aliphatic rings. The number of hydrogen-bond acceptors (Lipinski definition) is 7. The first-order valence-corrected chi connectivity index (χ1v) is 59.6. The number of hydrogen-bond donors (Lipinski definition) is 0. The molecule has 5 aromatic carbocycles. The van der Waals surface area contributed by atoms with Gasteiger partial charge in [0.15, 0.2) is 59.7 Å². The van der Waals surface area contributed by atoms with Gasteiger partial charge >= 0.3 is 25.9 Å². The lowest BCUT2D eigenvalue weighted by atomic mass is 10.1. The van der Waals surface area contributed by atoms with Crippen LogP contribution in [0.5, 0.6) is 0 Å². The molecule has 5 aromatic rings. The SMILES string of the molecule is CCC(C)(CC[Si](C)(C)O[Si](O[Si](C)(C)CC[Si](C)(C)O[Si](O[Si](C)(C)C(C)(CC)CC[Si](C)(C)O[Si](O[SiH](C)C)(O[SiH](C)C)c1ccccc1)(c1ccccc1)c1ccccc1)(c1ccccc1)c1ccccc1)[Si](C)(C)C. The molecular weight excluding hydrogens is 1150 g/mol. The van der Waals surface area contributed by atoms with E-state index >= 15 is 0 Å². The third-order valence-electron chi connectivity index (χ3n) is 17.3. The summed E-state index contributed by atoms with van der Waals surface area (Å²) < 4.78 is 54.2. The first kappa shape index (κ1) is 68.0. The van der Waals surface area contributed by atoms with Crippen LogP contribution in [0.1, 0.15) is 53.4 Å². The molecule has 7 nitrogen and oxygen atoms in total. The van der Waals surface area contributed by atoms with Gasteiger partial charge in [0.1, 0.15) is 0 Å². The Hall–Kier alpha value is -1.79. The van der Waals surface area contributed by atoms with Crippen molar-refractivity contribution in [3.8, 4) is 0 Å². The van der Waals surface area contributed by atoms with Gasteiger partial charge in [-0.15, -0.1) is 0 Å². The third kappa shape index (κ3) is 17.9. The normalized spacial score (nSPS) is 15.3. The molecule has 18 heteroatoms. The van der Waals surface area contributed by atoms with E-state index in [1.807, 2.05) is 0 Å². The summed E-state index contributed by atoms with van der Waals surface area (Å²) in [5, 5.41) is 6.05. The molecule has 0 aliphatic carbocycles. The van der Waals surface area contributed by atoms with Crippen molar-refractivity contribution in [2.45, 2.75) is 199 Å². The van der Waals surface area contributed by atoms with Crippen LogP contribution in [0.4, 0.5) is 0 Å². The zero-order chi connectivity index (χ0) is 58.8. The van der Waals surface area contributed by atoms with Gasteiger partial charge in [0.05, 0.1) is 8.07 Å². The predicted molar refractivity (Wildman–Crippen MR) is 370 cm³/mol. The fraction of sp³-hybridized carbons (Fsp3) is 0.508.